The Bertz CT molecular complexity index is 1110. The predicted octanol–water partition coefficient (Wildman–Crippen LogP) is 3.09. The number of carbonyl (C=O) groups is 3. The summed E-state index contributed by atoms with van der Waals surface area (Å²) >= 11 is 1.15. The van der Waals surface area contributed by atoms with Crippen LogP contribution in [0.1, 0.15) is 15.9 Å². The second-order valence-electron chi connectivity index (χ2n) is 6.32. The number of thioether (sulfide) groups is 1. The summed E-state index contributed by atoms with van der Waals surface area (Å²) in [6.07, 6.45) is 1.66. The number of aliphatic carboxylic acids is 1. The summed E-state index contributed by atoms with van der Waals surface area (Å²) in [6.45, 7) is -0.501. The average molecular weight is 442 g/mol. The van der Waals surface area contributed by atoms with Crippen molar-refractivity contribution in [3.63, 3.8) is 0 Å². The quantitative estimate of drug-likeness (QED) is 0.627. The van der Waals surface area contributed by atoms with Gasteiger partial charge in [0, 0.05) is 7.05 Å². The van der Waals surface area contributed by atoms with Crippen molar-refractivity contribution in [3.05, 3.63) is 58.5 Å². The number of hydrogen-bond donors (Lipinski definition) is 2. The molecule has 0 spiro atoms. The highest BCUT2D eigenvalue weighted by Gasteiger charge is 2.30. The van der Waals surface area contributed by atoms with E-state index in [2.05, 4.69) is 4.99 Å². The van der Waals surface area contributed by atoms with Crippen LogP contribution in [0.2, 0.25) is 0 Å². The summed E-state index contributed by atoms with van der Waals surface area (Å²) in [7, 11) is 3.01. The average Bonchev–Trinajstić information content (AvgIpc) is 3.00. The van der Waals surface area contributed by atoms with Crippen LogP contribution in [0, 0.1) is 0 Å². The molecule has 1 fully saturated rings. The minimum Gasteiger partial charge on any atom is -0.493 e. The number of carboxylic acids is 2. The number of rotatable bonds is 7. The summed E-state index contributed by atoms with van der Waals surface area (Å²) in [4.78, 5) is 40.6. The Morgan fingerprint density at radius 1 is 1.16 bits per heavy atom. The number of ether oxygens (including phenoxy) is 2. The first-order valence-corrected chi connectivity index (χ1v) is 9.72. The number of aromatic carboxylic acids is 1. The van der Waals surface area contributed by atoms with E-state index >= 15 is 0 Å². The van der Waals surface area contributed by atoms with Gasteiger partial charge in [-0.25, -0.2) is 14.6 Å². The van der Waals surface area contributed by atoms with Crippen molar-refractivity contribution >= 4 is 46.5 Å². The maximum absolute atomic E-state index is 12.6. The molecule has 1 amide bonds. The molecule has 0 aliphatic carbocycles. The number of amides is 1. The Morgan fingerprint density at radius 3 is 2.61 bits per heavy atom. The molecule has 0 radical (unpaired) electrons. The zero-order valence-electron chi connectivity index (χ0n) is 16.6. The van der Waals surface area contributed by atoms with Gasteiger partial charge in [-0.2, -0.15) is 0 Å². The third kappa shape index (κ3) is 5.23. The Kier molecular flexibility index (Phi) is 6.61. The van der Waals surface area contributed by atoms with Gasteiger partial charge in [-0.05, 0) is 53.7 Å². The van der Waals surface area contributed by atoms with Crippen molar-refractivity contribution in [1.29, 1.82) is 0 Å². The van der Waals surface area contributed by atoms with Crippen LogP contribution in [0.25, 0.3) is 6.08 Å². The zero-order valence-corrected chi connectivity index (χ0v) is 17.4. The first-order valence-electron chi connectivity index (χ1n) is 8.90. The minimum absolute atomic E-state index is 0.104. The highest BCUT2D eigenvalue weighted by Crippen LogP contribution is 2.35. The molecule has 2 aromatic rings. The normalized spacial score (nSPS) is 16.1. The molecule has 1 aliphatic heterocycles. The number of aliphatic imine (C=N–C) groups is 1. The lowest BCUT2D eigenvalue weighted by atomic mass is 10.2. The molecule has 3 rings (SSSR count). The number of carbonyl (C=O) groups excluding carboxylic acids is 1. The van der Waals surface area contributed by atoms with E-state index in [1.165, 1.54) is 24.1 Å². The molecule has 0 bridgehead atoms. The first-order chi connectivity index (χ1) is 14.8. The number of likely N-dealkylation sites (N-methyl/N-ethyl adjacent to an activating group) is 1. The Morgan fingerprint density at radius 2 is 1.94 bits per heavy atom. The van der Waals surface area contributed by atoms with E-state index in [4.69, 9.17) is 19.7 Å². The van der Waals surface area contributed by atoms with Crippen LogP contribution in [-0.2, 0) is 9.59 Å². The molecular weight excluding hydrogens is 424 g/mol. The van der Waals surface area contributed by atoms with Gasteiger partial charge in [-0.15, -0.1) is 0 Å². The molecular formula is C21H18N2O7S. The van der Waals surface area contributed by atoms with Crippen LogP contribution in [-0.4, -0.2) is 58.9 Å². The number of amidine groups is 1. The van der Waals surface area contributed by atoms with Crippen LogP contribution >= 0.6 is 11.8 Å². The lowest BCUT2D eigenvalue weighted by Crippen LogP contribution is -2.23. The minimum atomic E-state index is -1.11. The third-order valence-corrected chi connectivity index (χ3v) is 5.22. The van der Waals surface area contributed by atoms with Crippen molar-refractivity contribution in [3.8, 4) is 11.5 Å². The second-order valence-corrected chi connectivity index (χ2v) is 7.33. The molecule has 0 saturated carbocycles. The molecule has 160 valence electrons. The fourth-order valence-electron chi connectivity index (χ4n) is 2.65. The molecule has 9 nitrogen and oxygen atoms in total. The maximum atomic E-state index is 12.6. The van der Waals surface area contributed by atoms with Gasteiger partial charge in [0.05, 0.1) is 23.3 Å². The van der Waals surface area contributed by atoms with E-state index < -0.39 is 18.5 Å². The standard InChI is InChI=1S/C21H18N2O7S/c1-23-19(26)17(31-21(23)22-14-5-3-4-13(10-14)20(27)28)9-12-6-7-15(16(8-12)29-2)30-11-18(24)25/h3-10H,11H2,1-2H3,(H,24,25)(H,27,28). The van der Waals surface area contributed by atoms with Gasteiger partial charge in [-0.1, -0.05) is 12.1 Å². The van der Waals surface area contributed by atoms with Gasteiger partial charge in [-0.3, -0.25) is 9.69 Å². The number of nitrogens with zero attached hydrogens (tertiary/aromatic N) is 2. The van der Waals surface area contributed by atoms with Crippen molar-refractivity contribution in [1.82, 2.24) is 4.90 Å². The summed E-state index contributed by atoms with van der Waals surface area (Å²) in [5.41, 5.74) is 1.18. The van der Waals surface area contributed by atoms with Gasteiger partial charge >= 0.3 is 11.9 Å². The Labute approximate surface area is 181 Å². The summed E-state index contributed by atoms with van der Waals surface area (Å²) in [5, 5.41) is 18.3. The lowest BCUT2D eigenvalue weighted by molar-refractivity contribution is -0.139. The van der Waals surface area contributed by atoms with Crippen molar-refractivity contribution in [2.75, 3.05) is 20.8 Å². The fraction of sp³-hybridized carbons (Fsp3) is 0.143. The van der Waals surface area contributed by atoms with Gasteiger partial charge < -0.3 is 19.7 Å². The fourth-order valence-corrected chi connectivity index (χ4v) is 3.64. The van der Waals surface area contributed by atoms with Gasteiger partial charge in [0.25, 0.3) is 5.91 Å². The highest BCUT2D eigenvalue weighted by molar-refractivity contribution is 8.18. The van der Waals surface area contributed by atoms with E-state index in [1.807, 2.05) is 0 Å². The summed E-state index contributed by atoms with van der Waals surface area (Å²) in [6, 6.07) is 11.0. The smallest absolute Gasteiger partial charge is 0.341 e. The molecule has 2 N–H and O–H groups in total. The molecule has 2 aromatic carbocycles. The molecule has 1 aliphatic rings. The van der Waals surface area contributed by atoms with Crippen LogP contribution in [0.5, 0.6) is 11.5 Å². The van der Waals surface area contributed by atoms with Gasteiger partial charge in [0.1, 0.15) is 0 Å². The van der Waals surface area contributed by atoms with Crippen LogP contribution in [0.3, 0.4) is 0 Å². The van der Waals surface area contributed by atoms with E-state index in [0.29, 0.717) is 27.1 Å². The summed E-state index contributed by atoms with van der Waals surface area (Å²) < 4.78 is 10.4. The number of methoxy groups -OCH3 is 1. The van der Waals surface area contributed by atoms with Crippen molar-refractivity contribution < 1.29 is 34.1 Å². The zero-order chi connectivity index (χ0) is 22.5. The molecule has 0 unspecified atom stereocenters. The van der Waals surface area contributed by atoms with E-state index in [-0.39, 0.29) is 17.2 Å². The molecule has 0 aromatic heterocycles. The van der Waals surface area contributed by atoms with Gasteiger partial charge in [0.15, 0.2) is 23.3 Å². The largest absolute Gasteiger partial charge is 0.493 e. The predicted molar refractivity (Wildman–Crippen MR) is 115 cm³/mol. The van der Waals surface area contributed by atoms with Crippen LogP contribution in [0.15, 0.2) is 52.4 Å². The van der Waals surface area contributed by atoms with Crippen molar-refractivity contribution in [2.24, 2.45) is 4.99 Å². The maximum Gasteiger partial charge on any atom is 0.341 e. The van der Waals surface area contributed by atoms with Crippen LogP contribution < -0.4 is 9.47 Å². The molecule has 31 heavy (non-hydrogen) atoms. The van der Waals surface area contributed by atoms with Crippen LogP contribution in [0.4, 0.5) is 5.69 Å². The Balaban J connectivity index is 1.85. The number of hydrogen-bond acceptors (Lipinski definition) is 7. The highest BCUT2D eigenvalue weighted by atomic mass is 32.2. The van der Waals surface area contributed by atoms with Gasteiger partial charge in [0.2, 0.25) is 0 Å². The second kappa shape index (κ2) is 9.35. The summed E-state index contributed by atoms with van der Waals surface area (Å²) in [5.74, 6) is -1.82. The molecule has 10 heteroatoms. The van der Waals surface area contributed by atoms with E-state index in [0.717, 1.165) is 11.8 Å². The van der Waals surface area contributed by atoms with E-state index in [1.54, 1.807) is 43.5 Å². The molecule has 1 heterocycles. The topological polar surface area (TPSA) is 126 Å². The molecule has 1 saturated heterocycles. The lowest BCUT2D eigenvalue weighted by Gasteiger charge is -2.09. The third-order valence-electron chi connectivity index (χ3n) is 4.16. The number of benzene rings is 2. The SMILES string of the molecule is COc1cc(C=C2SC(=Nc3cccc(C(=O)O)c3)N(C)C2=O)ccc1OCC(=O)O. The van der Waals surface area contributed by atoms with E-state index in [9.17, 15) is 14.4 Å². The monoisotopic (exact) mass is 442 g/mol. The Hall–Kier alpha value is -3.79. The number of carboxylic acid groups (broad SMARTS) is 2. The molecule has 0 atom stereocenters. The van der Waals surface area contributed by atoms with Crippen molar-refractivity contribution in [2.45, 2.75) is 0 Å². The first kappa shape index (κ1) is 21.9.